The summed E-state index contributed by atoms with van der Waals surface area (Å²) in [6.07, 6.45) is 8.19. The Hall–Kier alpha value is -2.67. The summed E-state index contributed by atoms with van der Waals surface area (Å²) in [5.74, 6) is 3.13. The Morgan fingerprint density at radius 2 is 2.25 bits per heavy atom. The molecule has 1 heterocycles. The molecule has 0 saturated carbocycles. The van der Waals surface area contributed by atoms with Crippen molar-refractivity contribution in [1.29, 1.82) is 5.26 Å². The van der Waals surface area contributed by atoms with E-state index in [0.29, 0.717) is 31.3 Å². The van der Waals surface area contributed by atoms with Crippen molar-refractivity contribution in [2.75, 3.05) is 13.7 Å². The molecule has 0 unspecified atom stereocenters. The zero-order valence-corrected chi connectivity index (χ0v) is 14.6. The molecule has 0 aliphatic carbocycles. The third-order valence-electron chi connectivity index (χ3n) is 3.10. The van der Waals surface area contributed by atoms with Gasteiger partial charge in [-0.3, -0.25) is 4.79 Å². The minimum Gasteiger partial charge on any atom is -0.493 e. The fourth-order valence-corrected chi connectivity index (χ4v) is 3.24. The molecule has 0 N–H and O–H groups in total. The van der Waals surface area contributed by atoms with Crippen molar-refractivity contribution in [3.8, 4) is 29.9 Å². The number of ether oxygens (including phenoxy) is 2. The van der Waals surface area contributed by atoms with E-state index in [2.05, 4.69) is 5.92 Å². The van der Waals surface area contributed by atoms with Crippen LogP contribution in [0.4, 0.5) is 0 Å². The molecule has 0 radical (unpaired) electrons. The molecule has 0 spiro atoms. The van der Waals surface area contributed by atoms with Crippen LogP contribution in [0.25, 0.3) is 12.2 Å². The van der Waals surface area contributed by atoms with Crippen LogP contribution < -0.4 is 24.2 Å². The fourth-order valence-electron chi connectivity index (χ4n) is 1.99. The van der Waals surface area contributed by atoms with Crippen LogP contribution in [-0.4, -0.2) is 18.3 Å². The molecule has 0 amide bonds. The average molecular weight is 361 g/mol. The topological polar surface area (TPSA) is 64.2 Å². The highest BCUT2D eigenvalue weighted by Gasteiger charge is 2.11. The lowest BCUT2D eigenvalue weighted by Crippen LogP contribution is -2.28. The van der Waals surface area contributed by atoms with Gasteiger partial charge < -0.3 is 14.0 Å². The van der Waals surface area contributed by atoms with E-state index in [1.165, 1.54) is 29.1 Å². The molecule has 24 heavy (non-hydrogen) atoms. The number of rotatable bonds is 4. The van der Waals surface area contributed by atoms with Crippen LogP contribution in [0, 0.1) is 23.7 Å². The van der Waals surface area contributed by atoms with Crippen molar-refractivity contribution < 1.29 is 9.47 Å². The van der Waals surface area contributed by atoms with Gasteiger partial charge in [-0.2, -0.15) is 5.26 Å². The maximum absolute atomic E-state index is 12.2. The van der Waals surface area contributed by atoms with Crippen LogP contribution in [0.15, 0.2) is 16.9 Å². The van der Waals surface area contributed by atoms with Gasteiger partial charge in [-0.05, 0) is 23.8 Å². The van der Waals surface area contributed by atoms with Crippen molar-refractivity contribution in [2.24, 2.45) is 7.05 Å². The molecule has 1 aromatic heterocycles. The van der Waals surface area contributed by atoms with Crippen molar-refractivity contribution in [3.63, 3.8) is 0 Å². The highest BCUT2D eigenvalue weighted by molar-refractivity contribution is 7.07. The maximum atomic E-state index is 12.2. The summed E-state index contributed by atoms with van der Waals surface area (Å²) in [6, 6.07) is 5.28. The largest absolute Gasteiger partial charge is 0.493 e. The van der Waals surface area contributed by atoms with E-state index in [-0.39, 0.29) is 12.2 Å². The number of nitrogens with zero attached hydrogens (tertiary/aromatic N) is 2. The Morgan fingerprint density at radius 3 is 2.88 bits per heavy atom. The maximum Gasteiger partial charge on any atom is 0.268 e. The van der Waals surface area contributed by atoms with E-state index in [1.54, 1.807) is 25.3 Å². The minimum absolute atomic E-state index is 0.0674. The van der Waals surface area contributed by atoms with Crippen molar-refractivity contribution >= 4 is 35.1 Å². The Kier molecular flexibility index (Phi) is 5.70. The van der Waals surface area contributed by atoms with E-state index < -0.39 is 0 Å². The second-order valence-electron chi connectivity index (χ2n) is 4.61. The first-order chi connectivity index (χ1) is 11.5. The van der Waals surface area contributed by atoms with E-state index in [9.17, 15) is 4.79 Å². The van der Waals surface area contributed by atoms with Gasteiger partial charge in [-0.1, -0.05) is 17.5 Å². The van der Waals surface area contributed by atoms with Gasteiger partial charge in [0.15, 0.2) is 11.5 Å². The number of thiazole rings is 1. The lowest BCUT2D eigenvalue weighted by molar-refractivity contribution is 0.331. The van der Waals surface area contributed by atoms with Gasteiger partial charge in [-0.25, -0.2) is 0 Å². The SMILES string of the molecule is C#CCOc1c(Cl)cc(/C=c2\s/c(=C\C#N)n(C)c2=O)cc1OC. The van der Waals surface area contributed by atoms with Gasteiger partial charge in [0.1, 0.15) is 11.3 Å². The second kappa shape index (κ2) is 7.74. The smallest absolute Gasteiger partial charge is 0.268 e. The number of hydrogen-bond donors (Lipinski definition) is 0. The molecule has 0 aliphatic rings. The molecule has 5 nitrogen and oxygen atoms in total. The monoisotopic (exact) mass is 360 g/mol. The number of methoxy groups -OCH3 is 1. The Balaban J connectivity index is 2.60. The molecule has 0 aliphatic heterocycles. The number of halogens is 1. The first-order valence-electron chi connectivity index (χ1n) is 6.73. The number of aromatic nitrogens is 1. The van der Waals surface area contributed by atoms with Crippen LogP contribution in [0.2, 0.25) is 5.02 Å². The summed E-state index contributed by atoms with van der Waals surface area (Å²) in [6.45, 7) is 0.0674. The standard InChI is InChI=1S/C17H13ClN2O3S/c1-4-7-23-16-12(18)8-11(9-13(16)22-3)10-14-17(21)20(2)15(24-14)5-6-19/h1,5,8-10H,7H2,2-3H3/b14-10-,15-5-. The number of benzene rings is 1. The van der Waals surface area contributed by atoms with Gasteiger partial charge >= 0.3 is 0 Å². The van der Waals surface area contributed by atoms with Gasteiger partial charge in [-0.15, -0.1) is 17.8 Å². The van der Waals surface area contributed by atoms with Crippen molar-refractivity contribution in [2.45, 2.75) is 0 Å². The second-order valence-corrected chi connectivity index (χ2v) is 6.08. The molecule has 122 valence electrons. The summed E-state index contributed by atoms with van der Waals surface area (Å²) >= 11 is 7.44. The van der Waals surface area contributed by atoms with Gasteiger partial charge in [0.05, 0.1) is 22.7 Å². The minimum atomic E-state index is -0.191. The van der Waals surface area contributed by atoms with E-state index >= 15 is 0 Å². The molecule has 0 fully saturated rings. The van der Waals surface area contributed by atoms with Gasteiger partial charge in [0, 0.05) is 13.1 Å². The molecule has 7 heteroatoms. The quantitative estimate of drug-likeness (QED) is 0.770. The summed E-state index contributed by atoms with van der Waals surface area (Å²) in [7, 11) is 3.10. The molecule has 1 aromatic carbocycles. The first kappa shape index (κ1) is 17.7. The van der Waals surface area contributed by atoms with Crippen LogP contribution in [-0.2, 0) is 7.05 Å². The van der Waals surface area contributed by atoms with Crippen molar-refractivity contribution in [3.05, 3.63) is 42.3 Å². The van der Waals surface area contributed by atoms with Crippen LogP contribution in [0.5, 0.6) is 11.5 Å². The normalized spacial score (nSPS) is 11.9. The highest BCUT2D eigenvalue weighted by atomic mass is 35.5. The predicted octanol–water partition coefficient (Wildman–Crippen LogP) is 1.25. The lowest BCUT2D eigenvalue weighted by atomic mass is 10.2. The Morgan fingerprint density at radius 1 is 1.50 bits per heavy atom. The zero-order chi connectivity index (χ0) is 17.7. The number of hydrogen-bond acceptors (Lipinski definition) is 5. The number of terminal acetylenes is 1. The lowest BCUT2D eigenvalue weighted by Gasteiger charge is -2.11. The van der Waals surface area contributed by atoms with Crippen LogP contribution in [0.3, 0.4) is 0 Å². The zero-order valence-electron chi connectivity index (χ0n) is 13.0. The average Bonchev–Trinajstić information content (AvgIpc) is 2.82. The van der Waals surface area contributed by atoms with Crippen LogP contribution in [0.1, 0.15) is 5.56 Å². The molecule has 2 aromatic rings. The Labute approximate surface area is 147 Å². The molecular weight excluding hydrogens is 348 g/mol. The first-order valence-corrected chi connectivity index (χ1v) is 7.92. The fraction of sp³-hybridized carbons (Fsp3) is 0.176. The van der Waals surface area contributed by atoms with Crippen molar-refractivity contribution in [1.82, 2.24) is 4.57 Å². The van der Waals surface area contributed by atoms with Gasteiger partial charge in [0.2, 0.25) is 0 Å². The summed E-state index contributed by atoms with van der Waals surface area (Å²) in [5, 5.41) is 9.08. The molecule has 0 atom stereocenters. The predicted molar refractivity (Wildman–Crippen MR) is 94.8 cm³/mol. The van der Waals surface area contributed by atoms with Crippen LogP contribution >= 0.6 is 22.9 Å². The number of nitriles is 1. The van der Waals surface area contributed by atoms with Gasteiger partial charge in [0.25, 0.3) is 5.56 Å². The third-order valence-corrected chi connectivity index (χ3v) is 4.49. The summed E-state index contributed by atoms with van der Waals surface area (Å²) in [5.41, 5.74) is 0.483. The highest BCUT2D eigenvalue weighted by Crippen LogP contribution is 2.36. The molecule has 0 bridgehead atoms. The van der Waals surface area contributed by atoms with E-state index in [4.69, 9.17) is 32.8 Å². The molecule has 0 saturated heterocycles. The van der Waals surface area contributed by atoms with E-state index in [0.717, 1.165) is 0 Å². The molecular formula is C17H13ClN2O3S. The summed E-state index contributed by atoms with van der Waals surface area (Å²) in [4.78, 5) is 12.2. The molecule has 2 rings (SSSR count). The Bertz CT molecular complexity index is 1020. The summed E-state index contributed by atoms with van der Waals surface area (Å²) < 4.78 is 13.1. The third kappa shape index (κ3) is 3.62. The van der Waals surface area contributed by atoms with E-state index in [1.807, 2.05) is 6.07 Å².